The van der Waals surface area contributed by atoms with E-state index in [9.17, 15) is 23.3 Å². The van der Waals surface area contributed by atoms with E-state index in [-0.39, 0.29) is 22.9 Å². The first-order valence-electron chi connectivity index (χ1n) is 8.42. The minimum absolute atomic E-state index is 0.0464. The molecule has 0 atom stereocenters. The van der Waals surface area contributed by atoms with E-state index in [0.717, 1.165) is 18.2 Å². The predicted octanol–water partition coefficient (Wildman–Crippen LogP) is 6.81. The second-order valence-corrected chi connectivity index (χ2v) is 6.41. The van der Waals surface area contributed by atoms with Crippen LogP contribution >= 0.6 is 11.6 Å². The molecule has 0 saturated heterocycles. The second-order valence-electron chi connectivity index (χ2n) is 6.00. The van der Waals surface area contributed by atoms with Gasteiger partial charge in [0.2, 0.25) is 0 Å². The van der Waals surface area contributed by atoms with Crippen molar-refractivity contribution in [2.75, 3.05) is 12.4 Å². The minimum atomic E-state index is -4.59. The fourth-order valence-electron chi connectivity index (χ4n) is 2.66. The molecule has 0 fully saturated rings. The van der Waals surface area contributed by atoms with Gasteiger partial charge in [0.15, 0.2) is 0 Å². The highest BCUT2D eigenvalue weighted by molar-refractivity contribution is 6.31. The van der Waals surface area contributed by atoms with Gasteiger partial charge in [0.1, 0.15) is 22.9 Å². The number of hydrogen-bond acceptors (Lipinski definition) is 5. The maximum Gasteiger partial charge on any atom is 0.417 e. The lowest BCUT2D eigenvalue weighted by Crippen LogP contribution is -2.05. The second kappa shape index (κ2) is 8.50. The van der Waals surface area contributed by atoms with E-state index in [1.807, 2.05) is 0 Å². The summed E-state index contributed by atoms with van der Waals surface area (Å²) in [6.45, 7) is 0. The standard InChI is InChI=1S/C20H14ClF3N2O4/c1-29-19-5-3-2-4-16(19)25-17-11-13(7-9-18(17)26(27)28)30-12-6-8-14(15(21)10-12)20(22,23)24/h2-11,25H,1H3. The summed E-state index contributed by atoms with van der Waals surface area (Å²) in [4.78, 5) is 10.8. The number of nitro groups is 1. The molecule has 3 aromatic rings. The number of anilines is 2. The molecule has 156 valence electrons. The first kappa shape index (κ1) is 21.3. The van der Waals surface area contributed by atoms with Crippen LogP contribution in [0.15, 0.2) is 60.7 Å². The first-order chi connectivity index (χ1) is 14.2. The topological polar surface area (TPSA) is 73.6 Å². The third-order valence-corrected chi connectivity index (χ3v) is 4.34. The average molecular weight is 439 g/mol. The summed E-state index contributed by atoms with van der Waals surface area (Å²) < 4.78 is 49.3. The van der Waals surface area contributed by atoms with Crippen molar-refractivity contribution in [3.05, 3.63) is 81.4 Å². The van der Waals surface area contributed by atoms with Crippen molar-refractivity contribution in [2.24, 2.45) is 0 Å². The van der Waals surface area contributed by atoms with Crippen LogP contribution in [0.5, 0.6) is 17.2 Å². The highest BCUT2D eigenvalue weighted by Gasteiger charge is 2.33. The number of nitrogens with zero attached hydrogens (tertiary/aromatic N) is 1. The Morgan fingerprint density at radius 1 is 1.00 bits per heavy atom. The Balaban J connectivity index is 1.93. The molecule has 0 radical (unpaired) electrons. The molecule has 0 bridgehead atoms. The maximum atomic E-state index is 12.8. The Morgan fingerprint density at radius 2 is 1.67 bits per heavy atom. The van der Waals surface area contributed by atoms with Gasteiger partial charge in [-0.3, -0.25) is 10.1 Å². The SMILES string of the molecule is COc1ccccc1Nc1cc(Oc2ccc(C(F)(F)F)c(Cl)c2)ccc1[N+](=O)[O-]. The van der Waals surface area contributed by atoms with E-state index < -0.39 is 21.7 Å². The number of hydrogen-bond donors (Lipinski definition) is 1. The van der Waals surface area contributed by atoms with Crippen LogP contribution in [0.1, 0.15) is 5.56 Å². The van der Waals surface area contributed by atoms with E-state index in [1.165, 1.54) is 25.3 Å². The summed E-state index contributed by atoms with van der Waals surface area (Å²) in [5.74, 6) is 0.673. The Morgan fingerprint density at radius 3 is 2.30 bits per heavy atom. The Hall–Kier alpha value is -3.46. The van der Waals surface area contributed by atoms with Crippen LogP contribution in [0.4, 0.5) is 30.2 Å². The summed E-state index contributed by atoms with van der Waals surface area (Å²) in [5, 5.41) is 13.8. The van der Waals surface area contributed by atoms with Crippen molar-refractivity contribution >= 4 is 28.7 Å². The molecule has 0 saturated carbocycles. The van der Waals surface area contributed by atoms with Crippen LogP contribution in [-0.4, -0.2) is 12.0 Å². The molecular formula is C20H14ClF3N2O4. The highest BCUT2D eigenvalue weighted by Crippen LogP contribution is 2.39. The maximum absolute atomic E-state index is 12.8. The van der Waals surface area contributed by atoms with Gasteiger partial charge in [0, 0.05) is 18.2 Å². The third kappa shape index (κ3) is 4.74. The number of benzene rings is 3. The molecule has 0 amide bonds. The van der Waals surface area contributed by atoms with E-state index in [0.29, 0.717) is 11.4 Å². The zero-order valence-corrected chi connectivity index (χ0v) is 16.1. The molecule has 0 aliphatic heterocycles. The molecule has 0 heterocycles. The van der Waals surface area contributed by atoms with Crippen molar-refractivity contribution in [3.63, 3.8) is 0 Å². The molecule has 0 aliphatic rings. The Kier molecular flexibility index (Phi) is 6.02. The van der Waals surface area contributed by atoms with Crippen molar-refractivity contribution < 1.29 is 27.6 Å². The van der Waals surface area contributed by atoms with E-state index in [2.05, 4.69) is 5.32 Å². The molecule has 0 aliphatic carbocycles. The molecule has 0 aromatic heterocycles. The summed E-state index contributed by atoms with van der Waals surface area (Å²) in [6, 6.07) is 13.7. The van der Waals surface area contributed by atoms with Crippen LogP contribution < -0.4 is 14.8 Å². The van der Waals surface area contributed by atoms with Crippen LogP contribution in [0.2, 0.25) is 5.02 Å². The molecule has 0 spiro atoms. The number of alkyl halides is 3. The monoisotopic (exact) mass is 438 g/mol. The molecule has 0 unspecified atom stereocenters. The number of ether oxygens (including phenoxy) is 2. The summed E-state index contributed by atoms with van der Waals surface area (Å²) in [6.07, 6.45) is -4.59. The van der Waals surface area contributed by atoms with E-state index in [4.69, 9.17) is 21.1 Å². The lowest BCUT2D eigenvalue weighted by Gasteiger charge is -2.14. The van der Waals surface area contributed by atoms with E-state index in [1.54, 1.807) is 24.3 Å². The number of rotatable bonds is 6. The minimum Gasteiger partial charge on any atom is -0.495 e. The number of para-hydroxylation sites is 2. The Bertz CT molecular complexity index is 1090. The third-order valence-electron chi connectivity index (χ3n) is 4.02. The molecule has 3 aromatic carbocycles. The fourth-order valence-corrected chi connectivity index (χ4v) is 2.93. The zero-order valence-electron chi connectivity index (χ0n) is 15.4. The smallest absolute Gasteiger partial charge is 0.417 e. The van der Waals surface area contributed by atoms with Gasteiger partial charge in [-0.25, -0.2) is 0 Å². The highest BCUT2D eigenvalue weighted by atomic mass is 35.5. The fraction of sp³-hybridized carbons (Fsp3) is 0.100. The molecule has 10 heteroatoms. The van der Waals surface area contributed by atoms with Crippen molar-refractivity contribution in [2.45, 2.75) is 6.18 Å². The molecule has 6 nitrogen and oxygen atoms in total. The summed E-state index contributed by atoms with van der Waals surface area (Å²) in [5.41, 5.74) is -0.615. The van der Waals surface area contributed by atoms with Crippen LogP contribution in [0.25, 0.3) is 0 Å². The van der Waals surface area contributed by atoms with Gasteiger partial charge in [-0.2, -0.15) is 13.2 Å². The van der Waals surface area contributed by atoms with Gasteiger partial charge in [-0.05, 0) is 30.3 Å². The normalized spacial score (nSPS) is 11.1. The first-order valence-corrected chi connectivity index (χ1v) is 8.80. The van der Waals surface area contributed by atoms with Crippen LogP contribution in [0, 0.1) is 10.1 Å². The quantitative estimate of drug-likeness (QED) is 0.338. The summed E-state index contributed by atoms with van der Waals surface area (Å²) >= 11 is 5.70. The molecule has 30 heavy (non-hydrogen) atoms. The number of methoxy groups -OCH3 is 1. The average Bonchev–Trinajstić information content (AvgIpc) is 2.67. The molecule has 1 N–H and O–H groups in total. The predicted molar refractivity (Wildman–Crippen MR) is 106 cm³/mol. The van der Waals surface area contributed by atoms with Gasteiger partial charge < -0.3 is 14.8 Å². The van der Waals surface area contributed by atoms with Gasteiger partial charge in [-0.15, -0.1) is 0 Å². The van der Waals surface area contributed by atoms with Gasteiger partial charge in [-0.1, -0.05) is 23.7 Å². The van der Waals surface area contributed by atoms with Gasteiger partial charge in [0.05, 0.1) is 28.3 Å². The largest absolute Gasteiger partial charge is 0.495 e. The van der Waals surface area contributed by atoms with Gasteiger partial charge in [0.25, 0.3) is 5.69 Å². The number of nitro benzene ring substituents is 1. The van der Waals surface area contributed by atoms with Crippen LogP contribution in [0.3, 0.4) is 0 Å². The molecular weight excluding hydrogens is 425 g/mol. The lowest BCUT2D eigenvalue weighted by molar-refractivity contribution is -0.383. The van der Waals surface area contributed by atoms with Crippen molar-refractivity contribution in [1.29, 1.82) is 0 Å². The van der Waals surface area contributed by atoms with Gasteiger partial charge >= 0.3 is 6.18 Å². The lowest BCUT2D eigenvalue weighted by atomic mass is 10.2. The Labute approximate surface area is 174 Å². The molecule has 3 rings (SSSR count). The summed E-state index contributed by atoms with van der Waals surface area (Å²) in [7, 11) is 1.46. The van der Waals surface area contributed by atoms with Crippen LogP contribution in [-0.2, 0) is 6.18 Å². The van der Waals surface area contributed by atoms with Crippen molar-refractivity contribution in [1.82, 2.24) is 0 Å². The zero-order chi connectivity index (χ0) is 21.9. The van der Waals surface area contributed by atoms with Crippen molar-refractivity contribution in [3.8, 4) is 17.2 Å². The number of nitrogens with one attached hydrogen (secondary N) is 1. The number of halogens is 4. The van der Waals surface area contributed by atoms with E-state index >= 15 is 0 Å².